The number of thioether (sulfide) groups is 1. The molecule has 8 heteroatoms. The van der Waals surface area contributed by atoms with E-state index in [2.05, 4.69) is 15.2 Å². The van der Waals surface area contributed by atoms with Crippen molar-refractivity contribution in [2.24, 2.45) is 0 Å². The molecule has 4 aromatic rings. The Labute approximate surface area is 196 Å². The minimum absolute atomic E-state index is 0.0681. The lowest BCUT2D eigenvalue weighted by atomic mass is 10.2. The lowest BCUT2D eigenvalue weighted by Gasteiger charge is -2.21. The van der Waals surface area contributed by atoms with Gasteiger partial charge < -0.3 is 4.90 Å². The second-order valence-corrected chi connectivity index (χ2v) is 9.01. The van der Waals surface area contributed by atoms with Crippen molar-refractivity contribution < 1.29 is 9.18 Å². The van der Waals surface area contributed by atoms with Crippen molar-refractivity contribution in [3.05, 3.63) is 96.1 Å². The van der Waals surface area contributed by atoms with Gasteiger partial charge in [0.1, 0.15) is 5.82 Å². The minimum atomic E-state index is -0.399. The molecule has 0 bridgehead atoms. The summed E-state index contributed by atoms with van der Waals surface area (Å²) in [7, 11) is 1.72. The molecule has 0 aliphatic heterocycles. The van der Waals surface area contributed by atoms with Crippen molar-refractivity contribution in [3.8, 4) is 11.4 Å². The Morgan fingerprint density at radius 2 is 1.85 bits per heavy atom. The number of pyridine rings is 1. The van der Waals surface area contributed by atoms with Gasteiger partial charge in [0, 0.05) is 31.5 Å². The number of carbonyl (C=O) groups is 1. The highest BCUT2D eigenvalue weighted by atomic mass is 32.2. The van der Waals surface area contributed by atoms with Crippen LogP contribution in [-0.4, -0.2) is 42.9 Å². The maximum Gasteiger partial charge on any atom is 0.235 e. The summed E-state index contributed by atoms with van der Waals surface area (Å²) in [6.45, 7) is 2.75. The first kappa shape index (κ1) is 22.7. The zero-order chi connectivity index (χ0) is 23.2. The summed E-state index contributed by atoms with van der Waals surface area (Å²) in [5.74, 6) is 0.316. The number of nitrogens with zero attached hydrogens (tertiary/aromatic N) is 5. The summed E-state index contributed by atoms with van der Waals surface area (Å²) in [5, 5.41) is 9.05. The van der Waals surface area contributed by atoms with E-state index in [4.69, 9.17) is 0 Å². The van der Waals surface area contributed by atoms with Crippen LogP contribution in [0, 0.1) is 5.82 Å². The Balaban J connectivity index is 1.55. The molecule has 1 amide bonds. The lowest BCUT2D eigenvalue weighted by Crippen LogP contribution is -2.33. The van der Waals surface area contributed by atoms with Gasteiger partial charge in [-0.3, -0.25) is 14.3 Å². The van der Waals surface area contributed by atoms with Crippen LogP contribution in [0.2, 0.25) is 0 Å². The molecule has 6 nitrogen and oxygen atoms in total. The second-order valence-electron chi connectivity index (χ2n) is 7.70. The highest BCUT2D eigenvalue weighted by Gasteiger charge is 2.23. The molecule has 1 atom stereocenters. The highest BCUT2D eigenvalue weighted by molar-refractivity contribution is 8.00. The van der Waals surface area contributed by atoms with Crippen molar-refractivity contribution in [2.45, 2.75) is 30.4 Å². The van der Waals surface area contributed by atoms with Gasteiger partial charge in [-0.25, -0.2) is 4.39 Å². The van der Waals surface area contributed by atoms with Crippen LogP contribution >= 0.6 is 11.8 Å². The van der Waals surface area contributed by atoms with Crippen LogP contribution in [0.3, 0.4) is 0 Å². The first-order valence-corrected chi connectivity index (χ1v) is 11.4. The van der Waals surface area contributed by atoms with Gasteiger partial charge in [0.05, 0.1) is 11.8 Å². The summed E-state index contributed by atoms with van der Waals surface area (Å²) in [4.78, 5) is 18.8. The fourth-order valence-electron chi connectivity index (χ4n) is 3.50. The van der Waals surface area contributed by atoms with Gasteiger partial charge in [-0.1, -0.05) is 54.2 Å². The Morgan fingerprint density at radius 1 is 1.06 bits per heavy atom. The summed E-state index contributed by atoms with van der Waals surface area (Å²) in [6.07, 6.45) is 3.47. The van der Waals surface area contributed by atoms with E-state index in [1.165, 1.54) is 23.9 Å². The summed E-state index contributed by atoms with van der Waals surface area (Å²) in [5.41, 5.74) is 2.70. The summed E-state index contributed by atoms with van der Waals surface area (Å²) < 4.78 is 15.5. The number of carbonyl (C=O) groups excluding carboxylic acids is 1. The fourth-order valence-corrected chi connectivity index (χ4v) is 4.46. The quantitative estimate of drug-likeness (QED) is 0.357. The Bertz CT molecular complexity index is 1220. The molecule has 168 valence electrons. The Hall–Kier alpha value is -3.52. The predicted molar refractivity (Wildman–Crippen MR) is 127 cm³/mol. The van der Waals surface area contributed by atoms with Crippen molar-refractivity contribution in [2.75, 3.05) is 7.05 Å². The van der Waals surface area contributed by atoms with E-state index >= 15 is 0 Å². The van der Waals surface area contributed by atoms with Crippen LogP contribution in [0.25, 0.3) is 11.4 Å². The van der Waals surface area contributed by atoms with Gasteiger partial charge in [0.15, 0.2) is 11.0 Å². The number of amides is 1. The normalized spacial score (nSPS) is 11.8. The molecule has 2 heterocycles. The van der Waals surface area contributed by atoms with Crippen LogP contribution < -0.4 is 0 Å². The van der Waals surface area contributed by atoms with E-state index in [0.717, 1.165) is 16.7 Å². The molecule has 4 rings (SSSR count). The van der Waals surface area contributed by atoms with Crippen molar-refractivity contribution in [3.63, 3.8) is 0 Å². The number of rotatable bonds is 8. The monoisotopic (exact) mass is 461 g/mol. The molecule has 1 unspecified atom stereocenters. The minimum Gasteiger partial charge on any atom is -0.340 e. The zero-order valence-corrected chi connectivity index (χ0v) is 19.2. The zero-order valence-electron chi connectivity index (χ0n) is 18.4. The maximum absolute atomic E-state index is 13.5. The number of hydrogen-bond acceptors (Lipinski definition) is 5. The highest BCUT2D eigenvalue weighted by Crippen LogP contribution is 2.28. The van der Waals surface area contributed by atoms with E-state index in [9.17, 15) is 9.18 Å². The summed E-state index contributed by atoms with van der Waals surface area (Å²) in [6, 6.07) is 20.1. The Kier molecular flexibility index (Phi) is 7.14. The molecular weight excluding hydrogens is 437 g/mol. The number of hydrogen-bond donors (Lipinski definition) is 0. The third kappa shape index (κ3) is 5.64. The average molecular weight is 462 g/mol. The van der Waals surface area contributed by atoms with Crippen molar-refractivity contribution in [1.82, 2.24) is 24.6 Å². The fraction of sp³-hybridized carbons (Fsp3) is 0.200. The van der Waals surface area contributed by atoms with Gasteiger partial charge in [-0.15, -0.1) is 10.2 Å². The van der Waals surface area contributed by atoms with E-state index in [-0.39, 0.29) is 11.7 Å². The van der Waals surface area contributed by atoms with E-state index in [0.29, 0.717) is 24.1 Å². The van der Waals surface area contributed by atoms with Gasteiger partial charge in [0.25, 0.3) is 0 Å². The Morgan fingerprint density at radius 3 is 2.58 bits per heavy atom. The molecule has 2 aromatic carbocycles. The van der Waals surface area contributed by atoms with Gasteiger partial charge in [-0.2, -0.15) is 0 Å². The largest absolute Gasteiger partial charge is 0.340 e. The predicted octanol–water partition coefficient (Wildman–Crippen LogP) is 4.67. The summed E-state index contributed by atoms with van der Waals surface area (Å²) >= 11 is 1.36. The van der Waals surface area contributed by atoms with Crippen LogP contribution in [0.4, 0.5) is 4.39 Å². The molecule has 0 spiro atoms. The molecule has 2 aromatic heterocycles. The van der Waals surface area contributed by atoms with Crippen LogP contribution in [-0.2, 0) is 17.9 Å². The first-order valence-electron chi connectivity index (χ1n) is 10.5. The van der Waals surface area contributed by atoms with Gasteiger partial charge >= 0.3 is 0 Å². The molecule has 0 aliphatic carbocycles. The second kappa shape index (κ2) is 10.4. The first-order chi connectivity index (χ1) is 16.0. The lowest BCUT2D eigenvalue weighted by molar-refractivity contribution is -0.129. The molecule has 0 saturated heterocycles. The molecule has 33 heavy (non-hydrogen) atoms. The van der Waals surface area contributed by atoms with Crippen molar-refractivity contribution >= 4 is 17.7 Å². The third-order valence-electron chi connectivity index (χ3n) is 5.14. The van der Waals surface area contributed by atoms with Crippen LogP contribution in [0.5, 0.6) is 0 Å². The number of benzene rings is 2. The molecule has 0 fully saturated rings. The smallest absolute Gasteiger partial charge is 0.235 e. The molecular formula is C25H24FN5OS. The maximum atomic E-state index is 13.5. The molecule has 0 aliphatic rings. The SMILES string of the molecule is CC(Sc1nnc(-c2cccnc2)n1Cc1ccccc1)C(=O)N(C)Cc1cccc(F)c1. The molecule has 0 N–H and O–H groups in total. The van der Waals surface area contributed by atoms with Crippen molar-refractivity contribution in [1.29, 1.82) is 0 Å². The number of aromatic nitrogens is 4. The van der Waals surface area contributed by atoms with Gasteiger partial charge in [-0.05, 0) is 42.3 Å². The third-order valence-corrected chi connectivity index (χ3v) is 6.20. The topological polar surface area (TPSA) is 63.9 Å². The molecule has 0 radical (unpaired) electrons. The standard InChI is InChI=1S/C25H24FN5OS/c1-18(24(32)30(2)16-20-10-6-12-22(26)14-20)33-25-29-28-23(21-11-7-13-27-15-21)31(25)17-19-8-4-3-5-9-19/h3-15,18H,16-17H2,1-2H3. The van der Waals surface area contributed by atoms with Gasteiger partial charge in [0.2, 0.25) is 5.91 Å². The molecule has 0 saturated carbocycles. The average Bonchev–Trinajstić information content (AvgIpc) is 3.21. The van der Waals surface area contributed by atoms with Crippen LogP contribution in [0.15, 0.2) is 84.3 Å². The van der Waals surface area contributed by atoms with E-state index in [1.807, 2.05) is 54.0 Å². The number of halogens is 1. The van der Waals surface area contributed by atoms with E-state index < -0.39 is 5.25 Å². The van der Waals surface area contributed by atoms with Crippen LogP contribution in [0.1, 0.15) is 18.1 Å². The van der Waals surface area contributed by atoms with E-state index in [1.54, 1.807) is 36.5 Å².